The van der Waals surface area contributed by atoms with E-state index in [-0.39, 0.29) is 24.5 Å². The molecule has 1 spiro atoms. The molecule has 2 fully saturated rings. The van der Waals surface area contributed by atoms with Crippen molar-refractivity contribution in [1.82, 2.24) is 14.6 Å². The summed E-state index contributed by atoms with van der Waals surface area (Å²) in [7, 11) is -4.51. The minimum atomic E-state index is -4.51. The predicted molar refractivity (Wildman–Crippen MR) is 158 cm³/mol. The van der Waals surface area contributed by atoms with Gasteiger partial charge in [0.1, 0.15) is 36.3 Å². The second kappa shape index (κ2) is 13.5. The lowest BCUT2D eigenvalue weighted by molar-refractivity contribution is -0.146. The Morgan fingerprint density at radius 1 is 1.11 bits per heavy atom. The number of nitrogens with zero attached hydrogens (tertiary/aromatic N) is 1. The largest absolute Gasteiger partial charge is 0.462 e. The third kappa shape index (κ3) is 7.26. The Morgan fingerprint density at radius 2 is 1.82 bits per heavy atom. The molecule has 1 saturated heterocycles. The van der Waals surface area contributed by atoms with Gasteiger partial charge in [-0.25, -0.2) is 14.2 Å². The maximum absolute atomic E-state index is 14.2. The van der Waals surface area contributed by atoms with Gasteiger partial charge in [0.15, 0.2) is 0 Å². The zero-order valence-corrected chi connectivity index (χ0v) is 25.5. The number of para-hydroxylation sites is 1. The van der Waals surface area contributed by atoms with Gasteiger partial charge in [-0.2, -0.15) is 5.09 Å². The highest BCUT2D eigenvalue weighted by atomic mass is 31.2. The fraction of sp³-hybridized carbons (Fsp3) is 0.400. The molecule has 1 unspecified atom stereocenters. The van der Waals surface area contributed by atoms with E-state index < -0.39 is 67.4 Å². The Morgan fingerprint density at radius 3 is 2.51 bits per heavy atom. The number of H-pyrrole nitrogens is 1. The van der Waals surface area contributed by atoms with Gasteiger partial charge in [-0.05, 0) is 44.4 Å². The number of hydrogen-bond donors (Lipinski definition) is 3. The van der Waals surface area contributed by atoms with Crippen molar-refractivity contribution in [1.29, 1.82) is 0 Å². The van der Waals surface area contributed by atoms with Crippen LogP contribution < -0.4 is 20.9 Å². The van der Waals surface area contributed by atoms with Gasteiger partial charge in [-0.3, -0.25) is 23.7 Å². The second-order valence-electron chi connectivity index (χ2n) is 10.8. The quantitative estimate of drug-likeness (QED) is 0.183. The third-order valence-corrected chi connectivity index (χ3v) is 9.24. The summed E-state index contributed by atoms with van der Waals surface area (Å²) >= 11 is 0. The molecule has 5 rings (SSSR count). The number of carbonyl (C=O) groups excluding carboxylic acids is 2. The summed E-state index contributed by atoms with van der Waals surface area (Å²) in [6.07, 6.45) is -0.776. The molecule has 1 aromatic heterocycles. The van der Waals surface area contributed by atoms with Crippen LogP contribution in [0.2, 0.25) is 0 Å². The van der Waals surface area contributed by atoms with Gasteiger partial charge < -0.3 is 23.8 Å². The smallest absolute Gasteiger partial charge is 0.459 e. The van der Waals surface area contributed by atoms with E-state index in [4.69, 9.17) is 23.3 Å². The number of nitrogens with one attached hydrogen (secondary N) is 2. The Kier molecular flexibility index (Phi) is 9.70. The predicted octanol–water partition coefficient (Wildman–Crippen LogP) is 2.68. The van der Waals surface area contributed by atoms with E-state index >= 15 is 0 Å². The van der Waals surface area contributed by atoms with Gasteiger partial charge >= 0.3 is 25.4 Å². The first-order chi connectivity index (χ1) is 21.5. The van der Waals surface area contributed by atoms with Crippen LogP contribution in [0.4, 0.5) is 0 Å². The molecule has 14 nitrogen and oxygen atoms in total. The molecule has 1 saturated carbocycles. The highest BCUT2D eigenvalue weighted by molar-refractivity contribution is 7.52. The standard InChI is InChI=1S/C30H34N3O11P/c1-3-40-27(37)21-11-7-8-12-22(21)44-45(39,32-19(2)26(36)41-17-20-9-5-4-6-10-20)42-18-23-25(35)30(14-15-30)28(43-23)33-16-13-24(34)31-29(33)38/h4-13,16,19,23,25,28,35H,3,14-15,17-18H2,1-2H3,(H,32,39)(H,31,34,38)/t19-,23-,25-,28-,45?/m1/s1. The molecular formula is C30H34N3O11P. The van der Waals surface area contributed by atoms with Crippen LogP contribution in [0, 0.1) is 5.41 Å². The Labute approximate surface area is 257 Å². The zero-order chi connectivity index (χ0) is 32.2. The molecule has 15 heteroatoms. The second-order valence-corrected chi connectivity index (χ2v) is 12.5. The highest BCUT2D eigenvalue weighted by Crippen LogP contribution is 2.62. The normalized spacial score (nSPS) is 21.9. The molecule has 0 amide bonds. The topological polar surface area (TPSA) is 184 Å². The summed E-state index contributed by atoms with van der Waals surface area (Å²) in [4.78, 5) is 51.7. The number of hydrogen-bond acceptors (Lipinski definition) is 11. The summed E-state index contributed by atoms with van der Waals surface area (Å²) in [6.45, 7) is 2.60. The number of aliphatic hydroxyl groups is 1. The number of carbonyl (C=O) groups is 2. The molecule has 0 bridgehead atoms. The maximum atomic E-state index is 14.2. The number of ether oxygens (including phenoxy) is 3. The van der Waals surface area contributed by atoms with Gasteiger partial charge in [0.25, 0.3) is 5.56 Å². The molecule has 2 aliphatic rings. The third-order valence-electron chi connectivity index (χ3n) is 7.61. The van der Waals surface area contributed by atoms with Crippen LogP contribution in [0.5, 0.6) is 5.75 Å². The van der Waals surface area contributed by atoms with Crippen molar-refractivity contribution < 1.29 is 42.5 Å². The van der Waals surface area contributed by atoms with Crippen LogP contribution in [0.3, 0.4) is 0 Å². The molecule has 3 aromatic rings. The molecule has 1 aliphatic heterocycles. The van der Waals surface area contributed by atoms with E-state index in [1.54, 1.807) is 43.3 Å². The van der Waals surface area contributed by atoms with Crippen molar-refractivity contribution in [3.63, 3.8) is 0 Å². The molecular weight excluding hydrogens is 609 g/mol. The van der Waals surface area contributed by atoms with Gasteiger partial charge in [0.2, 0.25) is 0 Å². The molecule has 1 aliphatic carbocycles. The van der Waals surface area contributed by atoms with Crippen molar-refractivity contribution in [3.05, 3.63) is 98.8 Å². The Hall–Kier alpha value is -4.07. The molecule has 240 valence electrons. The SMILES string of the molecule is CCOC(=O)c1ccccc1OP(=O)(N[C@H](C)C(=O)OCc1ccccc1)OC[C@H]1O[C@@H](n2ccc(=O)[nH]c2=O)C2(CC2)[C@@H]1O. The number of rotatable bonds is 13. The van der Waals surface area contributed by atoms with Crippen LogP contribution in [-0.4, -0.2) is 58.1 Å². The van der Waals surface area contributed by atoms with Gasteiger partial charge in [-0.15, -0.1) is 0 Å². The van der Waals surface area contributed by atoms with Crippen molar-refractivity contribution >= 4 is 19.7 Å². The lowest BCUT2D eigenvalue weighted by Crippen LogP contribution is -2.37. The molecule has 5 atom stereocenters. The number of aromatic amines is 1. The first-order valence-electron chi connectivity index (χ1n) is 14.4. The van der Waals surface area contributed by atoms with Gasteiger partial charge in [0.05, 0.1) is 19.3 Å². The molecule has 45 heavy (non-hydrogen) atoms. The lowest BCUT2D eigenvalue weighted by Gasteiger charge is -2.25. The van der Waals surface area contributed by atoms with E-state index in [1.165, 1.54) is 35.9 Å². The Balaban J connectivity index is 1.35. The van der Waals surface area contributed by atoms with Crippen molar-refractivity contribution in [2.75, 3.05) is 13.2 Å². The highest BCUT2D eigenvalue weighted by Gasteiger charge is 2.64. The number of aromatic nitrogens is 2. The summed E-state index contributed by atoms with van der Waals surface area (Å²) in [5.41, 5.74) is -1.39. The first-order valence-corrected chi connectivity index (χ1v) is 15.9. The summed E-state index contributed by atoms with van der Waals surface area (Å²) in [6, 6.07) is 14.9. The minimum absolute atomic E-state index is 0.0287. The van der Waals surface area contributed by atoms with Crippen LogP contribution in [-0.2, 0) is 34.7 Å². The average Bonchev–Trinajstić information content (AvgIpc) is 3.78. The van der Waals surface area contributed by atoms with Crippen LogP contribution in [0.25, 0.3) is 0 Å². The number of benzene rings is 2. The van der Waals surface area contributed by atoms with Crippen molar-refractivity contribution in [3.8, 4) is 5.75 Å². The van der Waals surface area contributed by atoms with E-state index in [1.807, 2.05) is 6.07 Å². The zero-order valence-electron chi connectivity index (χ0n) is 24.6. The monoisotopic (exact) mass is 643 g/mol. The number of esters is 2. The van der Waals surface area contributed by atoms with E-state index in [0.29, 0.717) is 12.8 Å². The molecule has 2 heterocycles. The van der Waals surface area contributed by atoms with Crippen LogP contribution in [0.15, 0.2) is 76.4 Å². The molecule has 0 radical (unpaired) electrons. The van der Waals surface area contributed by atoms with E-state index in [9.17, 15) is 28.8 Å². The minimum Gasteiger partial charge on any atom is -0.462 e. The Bertz CT molecular complexity index is 1690. The maximum Gasteiger partial charge on any atom is 0.459 e. The molecule has 2 aromatic carbocycles. The summed E-state index contributed by atoms with van der Waals surface area (Å²) in [5.74, 6) is -1.62. The summed E-state index contributed by atoms with van der Waals surface area (Å²) < 4.78 is 43.4. The fourth-order valence-corrected chi connectivity index (χ4v) is 6.64. The number of aliphatic hydroxyl groups excluding tert-OH is 1. The van der Waals surface area contributed by atoms with Gasteiger partial charge in [-0.1, -0.05) is 42.5 Å². The van der Waals surface area contributed by atoms with Gasteiger partial charge in [0, 0.05) is 17.7 Å². The average molecular weight is 644 g/mol. The molecule has 3 N–H and O–H groups in total. The first kappa shape index (κ1) is 32.3. The van der Waals surface area contributed by atoms with Crippen molar-refractivity contribution in [2.45, 2.75) is 57.8 Å². The lowest BCUT2D eigenvalue weighted by atomic mass is 9.96. The van der Waals surface area contributed by atoms with Crippen LogP contribution >= 0.6 is 7.75 Å². The van der Waals surface area contributed by atoms with E-state index in [0.717, 1.165) is 5.56 Å². The fourth-order valence-electron chi connectivity index (χ4n) is 5.12. The van der Waals surface area contributed by atoms with Crippen LogP contribution in [0.1, 0.15) is 48.8 Å². The van der Waals surface area contributed by atoms with Crippen molar-refractivity contribution in [2.24, 2.45) is 5.41 Å². The summed E-state index contributed by atoms with van der Waals surface area (Å²) in [5, 5.41) is 13.8. The van der Waals surface area contributed by atoms with E-state index in [2.05, 4.69) is 10.1 Å².